The van der Waals surface area contributed by atoms with E-state index in [1.165, 1.54) is 5.56 Å². The highest BCUT2D eigenvalue weighted by atomic mass is 16.5. The van der Waals surface area contributed by atoms with Crippen LogP contribution in [0.25, 0.3) is 0 Å². The van der Waals surface area contributed by atoms with E-state index in [-0.39, 0.29) is 11.9 Å². The van der Waals surface area contributed by atoms with E-state index in [0.717, 1.165) is 23.4 Å². The summed E-state index contributed by atoms with van der Waals surface area (Å²) in [4.78, 5) is 16.3. The van der Waals surface area contributed by atoms with Crippen LogP contribution in [0.2, 0.25) is 0 Å². The third-order valence-corrected chi connectivity index (χ3v) is 4.73. The van der Waals surface area contributed by atoms with Gasteiger partial charge in [-0.2, -0.15) is 5.10 Å². The topological polar surface area (TPSA) is 79.9 Å². The van der Waals surface area contributed by atoms with E-state index in [4.69, 9.17) is 4.74 Å². The van der Waals surface area contributed by atoms with E-state index < -0.39 is 0 Å². The fourth-order valence-corrected chi connectivity index (χ4v) is 3.07. The number of nitrogens with zero attached hydrogens (tertiary/aromatic N) is 2. The number of hydrogen-bond donors (Lipinski definition) is 2. The lowest BCUT2D eigenvalue weighted by Gasteiger charge is -2.19. The zero-order valence-corrected chi connectivity index (χ0v) is 14.2. The van der Waals surface area contributed by atoms with Crippen LogP contribution in [-0.4, -0.2) is 40.3 Å². The maximum Gasteiger partial charge on any atom is 0.220 e. The number of aromatic nitrogens is 3. The summed E-state index contributed by atoms with van der Waals surface area (Å²) in [7, 11) is 0. The van der Waals surface area contributed by atoms with Gasteiger partial charge in [-0.25, -0.2) is 0 Å². The van der Waals surface area contributed by atoms with Crippen molar-refractivity contribution >= 4 is 5.91 Å². The second kappa shape index (κ2) is 7.57. The Morgan fingerprint density at radius 2 is 2.12 bits per heavy atom. The summed E-state index contributed by atoms with van der Waals surface area (Å²) in [6.45, 7) is 5.29. The molecule has 1 saturated heterocycles. The van der Waals surface area contributed by atoms with Crippen LogP contribution >= 0.6 is 0 Å². The lowest BCUT2D eigenvalue weighted by atomic mass is 9.95. The van der Waals surface area contributed by atoms with Gasteiger partial charge in [-0.15, -0.1) is 0 Å². The Labute approximate surface area is 142 Å². The Morgan fingerprint density at radius 1 is 1.33 bits per heavy atom. The lowest BCUT2D eigenvalue weighted by Crippen LogP contribution is -2.40. The van der Waals surface area contributed by atoms with Crippen LogP contribution in [-0.2, 0) is 22.4 Å². The van der Waals surface area contributed by atoms with Crippen LogP contribution in [0.3, 0.4) is 0 Å². The molecule has 6 nitrogen and oxygen atoms in total. The molecule has 2 atom stereocenters. The van der Waals surface area contributed by atoms with Crippen LogP contribution in [0, 0.1) is 19.8 Å². The van der Waals surface area contributed by atoms with Crippen LogP contribution in [0.15, 0.2) is 24.5 Å². The largest absolute Gasteiger partial charge is 0.379 e. The predicted octanol–water partition coefficient (Wildman–Crippen LogP) is 1.73. The van der Waals surface area contributed by atoms with Gasteiger partial charge < -0.3 is 10.1 Å². The number of rotatable bonds is 6. The zero-order chi connectivity index (χ0) is 16.9. The molecule has 0 unspecified atom stereocenters. The molecule has 0 spiro atoms. The number of carbonyl (C=O) groups is 1. The van der Waals surface area contributed by atoms with Gasteiger partial charge in [0, 0.05) is 36.8 Å². The lowest BCUT2D eigenvalue weighted by molar-refractivity contribution is -0.122. The molecule has 1 fully saturated rings. The molecule has 3 heterocycles. The van der Waals surface area contributed by atoms with E-state index in [1.807, 2.05) is 26.0 Å². The summed E-state index contributed by atoms with van der Waals surface area (Å²) in [5.41, 5.74) is 4.40. The number of amides is 1. The molecular formula is C18H24N4O2. The van der Waals surface area contributed by atoms with Gasteiger partial charge >= 0.3 is 0 Å². The van der Waals surface area contributed by atoms with Crippen LogP contribution < -0.4 is 5.32 Å². The molecule has 3 rings (SSSR count). The normalized spacial score (nSPS) is 20.2. The van der Waals surface area contributed by atoms with Crippen molar-refractivity contribution in [3.63, 3.8) is 0 Å². The molecule has 1 aliphatic heterocycles. The number of aromatic amines is 1. The molecule has 24 heavy (non-hydrogen) atoms. The second-order valence-corrected chi connectivity index (χ2v) is 6.45. The van der Waals surface area contributed by atoms with E-state index >= 15 is 0 Å². The average molecular weight is 328 g/mol. The van der Waals surface area contributed by atoms with E-state index in [0.29, 0.717) is 32.0 Å². The first kappa shape index (κ1) is 16.6. The Morgan fingerprint density at radius 3 is 2.83 bits per heavy atom. The number of aryl methyl sites for hydroxylation is 2. The van der Waals surface area contributed by atoms with Crippen molar-refractivity contribution < 1.29 is 9.53 Å². The quantitative estimate of drug-likeness (QED) is 0.846. The molecule has 0 bridgehead atoms. The fourth-order valence-electron chi connectivity index (χ4n) is 3.07. The van der Waals surface area contributed by atoms with Gasteiger partial charge in [0.15, 0.2) is 0 Å². The number of hydrogen-bond acceptors (Lipinski definition) is 4. The van der Waals surface area contributed by atoms with Gasteiger partial charge in [0.2, 0.25) is 5.91 Å². The first-order valence-corrected chi connectivity index (χ1v) is 8.40. The van der Waals surface area contributed by atoms with Crippen molar-refractivity contribution in [2.45, 2.75) is 39.2 Å². The molecule has 0 aromatic carbocycles. The standard InChI is InChI=1S/C18H24N4O2/c1-12-13(2)21-22-16(12)3-4-18(23)20-17-11-24-10-15(17)9-14-5-7-19-8-6-14/h5-8,15,17H,3-4,9-11H2,1-2H3,(H,20,23)(H,21,22)/t15-,17-/m1/s1. The molecule has 1 amide bonds. The van der Waals surface area contributed by atoms with Crippen LogP contribution in [0.1, 0.15) is 28.9 Å². The number of nitrogens with one attached hydrogen (secondary N) is 2. The molecule has 6 heteroatoms. The molecule has 0 radical (unpaired) electrons. The van der Waals surface area contributed by atoms with Crippen LogP contribution in [0.5, 0.6) is 0 Å². The van der Waals surface area contributed by atoms with Gasteiger partial charge in [0.25, 0.3) is 0 Å². The van der Waals surface area contributed by atoms with Gasteiger partial charge in [0.05, 0.1) is 24.9 Å². The SMILES string of the molecule is Cc1[nH]nc(CCC(=O)N[C@@H]2COC[C@H]2Cc2ccncc2)c1C. The molecule has 0 saturated carbocycles. The highest BCUT2D eigenvalue weighted by Gasteiger charge is 2.29. The molecule has 1 aliphatic rings. The van der Waals surface area contributed by atoms with Crippen molar-refractivity contribution in [2.24, 2.45) is 5.92 Å². The van der Waals surface area contributed by atoms with E-state index in [1.54, 1.807) is 12.4 Å². The molecule has 2 N–H and O–H groups in total. The highest BCUT2D eigenvalue weighted by molar-refractivity contribution is 5.76. The van der Waals surface area contributed by atoms with Crippen molar-refractivity contribution in [1.82, 2.24) is 20.5 Å². The first-order valence-electron chi connectivity index (χ1n) is 8.40. The molecule has 0 aliphatic carbocycles. The van der Waals surface area contributed by atoms with Gasteiger partial charge in [-0.3, -0.25) is 14.9 Å². The summed E-state index contributed by atoms with van der Waals surface area (Å²) in [6.07, 6.45) is 5.60. The minimum Gasteiger partial charge on any atom is -0.379 e. The van der Waals surface area contributed by atoms with Crippen molar-refractivity contribution in [1.29, 1.82) is 0 Å². The minimum atomic E-state index is 0.0604. The second-order valence-electron chi connectivity index (χ2n) is 6.45. The third kappa shape index (κ3) is 4.00. The summed E-state index contributed by atoms with van der Waals surface area (Å²) in [5.74, 6) is 0.371. The number of ether oxygens (including phenoxy) is 1. The predicted molar refractivity (Wildman–Crippen MR) is 90.6 cm³/mol. The maximum atomic E-state index is 12.3. The first-order chi connectivity index (χ1) is 11.6. The fraction of sp³-hybridized carbons (Fsp3) is 0.500. The van der Waals surface area contributed by atoms with E-state index in [9.17, 15) is 4.79 Å². The highest BCUT2D eigenvalue weighted by Crippen LogP contribution is 2.19. The Hall–Kier alpha value is -2.21. The third-order valence-electron chi connectivity index (χ3n) is 4.73. The molecule has 128 valence electrons. The number of H-pyrrole nitrogens is 1. The Kier molecular flexibility index (Phi) is 5.25. The van der Waals surface area contributed by atoms with Gasteiger partial charge in [-0.05, 0) is 43.5 Å². The number of pyridine rings is 1. The Balaban J connectivity index is 1.50. The average Bonchev–Trinajstić information content (AvgIpc) is 3.14. The van der Waals surface area contributed by atoms with E-state index in [2.05, 4.69) is 20.5 Å². The summed E-state index contributed by atoms with van der Waals surface area (Å²) in [6, 6.07) is 4.10. The molecule has 2 aromatic rings. The Bertz CT molecular complexity index is 684. The van der Waals surface area contributed by atoms with Crippen molar-refractivity contribution in [2.75, 3.05) is 13.2 Å². The van der Waals surface area contributed by atoms with Gasteiger partial charge in [-0.1, -0.05) is 0 Å². The molecule has 2 aromatic heterocycles. The van der Waals surface area contributed by atoms with Crippen molar-refractivity contribution in [3.05, 3.63) is 47.0 Å². The maximum absolute atomic E-state index is 12.3. The molecular weight excluding hydrogens is 304 g/mol. The smallest absolute Gasteiger partial charge is 0.220 e. The monoisotopic (exact) mass is 328 g/mol. The van der Waals surface area contributed by atoms with Gasteiger partial charge in [0.1, 0.15) is 0 Å². The minimum absolute atomic E-state index is 0.0604. The summed E-state index contributed by atoms with van der Waals surface area (Å²) < 4.78 is 5.58. The van der Waals surface area contributed by atoms with Crippen molar-refractivity contribution in [3.8, 4) is 0 Å². The number of carbonyl (C=O) groups excluding carboxylic acids is 1. The summed E-state index contributed by atoms with van der Waals surface area (Å²) in [5, 5.41) is 10.3. The zero-order valence-electron chi connectivity index (χ0n) is 14.2. The van der Waals surface area contributed by atoms with Crippen LogP contribution in [0.4, 0.5) is 0 Å². The summed E-state index contributed by atoms with van der Waals surface area (Å²) >= 11 is 0.